The minimum atomic E-state index is -4.54. The number of aromatic nitrogens is 2. The van der Waals surface area contributed by atoms with E-state index >= 15 is 0 Å². The minimum absolute atomic E-state index is 0.0552. The molecule has 3 heterocycles. The summed E-state index contributed by atoms with van der Waals surface area (Å²) in [5, 5.41) is 0.855. The summed E-state index contributed by atoms with van der Waals surface area (Å²) in [6.07, 6.45) is -3.04. The van der Waals surface area contributed by atoms with Crippen molar-refractivity contribution in [3.8, 4) is 0 Å². The van der Waals surface area contributed by atoms with Gasteiger partial charge in [-0.3, -0.25) is 4.79 Å². The molecular formula is C17H15Cl2F3N4O. The van der Waals surface area contributed by atoms with Crippen molar-refractivity contribution in [2.24, 2.45) is 0 Å². The van der Waals surface area contributed by atoms with Crippen LogP contribution in [0.15, 0.2) is 24.4 Å². The first-order valence-electron chi connectivity index (χ1n) is 8.07. The number of pyridine rings is 2. The van der Waals surface area contributed by atoms with E-state index < -0.39 is 11.9 Å². The highest BCUT2D eigenvalue weighted by Gasteiger charge is 2.33. The molecule has 1 aliphatic rings. The summed E-state index contributed by atoms with van der Waals surface area (Å²) in [5.41, 5.74) is -0.788. The number of amides is 1. The van der Waals surface area contributed by atoms with E-state index in [2.05, 4.69) is 9.97 Å². The first kappa shape index (κ1) is 19.7. The molecule has 0 unspecified atom stereocenters. The quantitative estimate of drug-likeness (QED) is 0.737. The normalized spacial score (nSPS) is 15.2. The number of carbonyl (C=O) groups excluding carboxylic acids is 1. The molecule has 1 fully saturated rings. The van der Waals surface area contributed by atoms with Crippen molar-refractivity contribution in [1.29, 1.82) is 0 Å². The molecule has 0 N–H and O–H groups in total. The van der Waals surface area contributed by atoms with Gasteiger partial charge in [0.05, 0.1) is 21.3 Å². The van der Waals surface area contributed by atoms with E-state index in [1.165, 1.54) is 19.2 Å². The average molecular weight is 419 g/mol. The molecule has 144 valence electrons. The Morgan fingerprint density at radius 2 is 1.81 bits per heavy atom. The highest BCUT2D eigenvalue weighted by atomic mass is 35.5. The van der Waals surface area contributed by atoms with E-state index in [-0.39, 0.29) is 17.2 Å². The van der Waals surface area contributed by atoms with Gasteiger partial charge in [0.25, 0.3) is 5.91 Å². The molecule has 0 radical (unpaired) electrons. The lowest BCUT2D eigenvalue weighted by molar-refractivity contribution is -0.141. The number of hydrogen-bond acceptors (Lipinski definition) is 4. The minimum Gasteiger partial charge on any atom is -0.352 e. The molecule has 5 nitrogen and oxygen atoms in total. The zero-order chi connectivity index (χ0) is 19.8. The number of halogens is 5. The molecule has 0 bridgehead atoms. The van der Waals surface area contributed by atoms with Crippen LogP contribution < -0.4 is 4.90 Å². The monoisotopic (exact) mass is 418 g/mol. The first-order chi connectivity index (χ1) is 12.7. The summed E-state index contributed by atoms with van der Waals surface area (Å²) in [7, 11) is 0. The molecule has 0 aromatic carbocycles. The lowest BCUT2D eigenvalue weighted by Crippen LogP contribution is -2.49. The van der Waals surface area contributed by atoms with Gasteiger partial charge in [0.1, 0.15) is 11.5 Å². The summed E-state index contributed by atoms with van der Waals surface area (Å²) < 4.78 is 38.2. The number of alkyl halides is 3. The van der Waals surface area contributed by atoms with E-state index in [1.54, 1.807) is 11.0 Å². The number of hydrogen-bond donors (Lipinski definition) is 0. The maximum atomic E-state index is 12.7. The van der Waals surface area contributed by atoms with Crippen LogP contribution in [0.4, 0.5) is 19.0 Å². The molecule has 2 aromatic heterocycles. The highest BCUT2D eigenvalue weighted by molar-refractivity contribution is 6.36. The molecule has 10 heteroatoms. The van der Waals surface area contributed by atoms with E-state index in [0.717, 1.165) is 6.07 Å². The summed E-state index contributed by atoms with van der Waals surface area (Å²) in [6, 6.07) is 3.60. The van der Waals surface area contributed by atoms with Crippen molar-refractivity contribution in [3.05, 3.63) is 51.4 Å². The Balaban J connectivity index is 1.70. The predicted octanol–water partition coefficient (Wildman–Crippen LogP) is 4.07. The van der Waals surface area contributed by atoms with Gasteiger partial charge in [0.2, 0.25) is 0 Å². The number of rotatable bonds is 2. The van der Waals surface area contributed by atoms with Crippen molar-refractivity contribution in [3.63, 3.8) is 0 Å². The van der Waals surface area contributed by atoms with Gasteiger partial charge < -0.3 is 9.80 Å². The first-order valence-corrected chi connectivity index (χ1v) is 8.82. The topological polar surface area (TPSA) is 49.3 Å². The zero-order valence-electron chi connectivity index (χ0n) is 14.2. The van der Waals surface area contributed by atoms with Gasteiger partial charge in [-0.1, -0.05) is 23.2 Å². The lowest BCUT2D eigenvalue weighted by atomic mass is 10.1. The molecule has 0 spiro atoms. The van der Waals surface area contributed by atoms with Crippen LogP contribution >= 0.6 is 23.2 Å². The Kier molecular flexibility index (Phi) is 5.48. The molecule has 1 amide bonds. The van der Waals surface area contributed by atoms with Gasteiger partial charge in [-0.15, -0.1) is 0 Å². The third kappa shape index (κ3) is 4.27. The van der Waals surface area contributed by atoms with Gasteiger partial charge in [0, 0.05) is 32.4 Å². The van der Waals surface area contributed by atoms with Crippen LogP contribution in [0.5, 0.6) is 0 Å². The molecule has 0 saturated carbocycles. The third-order valence-corrected chi connectivity index (χ3v) is 4.75. The van der Waals surface area contributed by atoms with Crippen molar-refractivity contribution < 1.29 is 18.0 Å². The van der Waals surface area contributed by atoms with Crippen LogP contribution in [0, 0.1) is 6.92 Å². The Bertz CT molecular complexity index is 868. The third-order valence-electron chi connectivity index (χ3n) is 4.26. The zero-order valence-corrected chi connectivity index (χ0v) is 15.7. The SMILES string of the molecule is Cc1nc(C(F)(F)F)ccc1C(=O)N1CCN(c2ncc(Cl)cc2Cl)CC1. The number of anilines is 1. The molecule has 1 saturated heterocycles. The number of carbonyl (C=O) groups is 1. The van der Waals surface area contributed by atoms with Crippen LogP contribution in [0.1, 0.15) is 21.7 Å². The van der Waals surface area contributed by atoms with Gasteiger partial charge in [-0.05, 0) is 25.1 Å². The van der Waals surface area contributed by atoms with E-state index in [9.17, 15) is 18.0 Å². The molecule has 3 rings (SSSR count). The van der Waals surface area contributed by atoms with Gasteiger partial charge in [-0.2, -0.15) is 13.2 Å². The van der Waals surface area contributed by atoms with Crippen LogP contribution in [-0.4, -0.2) is 47.0 Å². The molecule has 1 aliphatic heterocycles. The standard InChI is InChI=1S/C17H15Cl2F3N4O/c1-10-12(2-3-14(24-10)17(20,21)22)16(27)26-6-4-25(5-7-26)15-13(19)8-11(18)9-23-15/h2-3,8-9H,4-7H2,1H3. The number of aryl methyl sites for hydroxylation is 1. The Morgan fingerprint density at radius 3 is 2.37 bits per heavy atom. The Morgan fingerprint density at radius 1 is 1.15 bits per heavy atom. The summed E-state index contributed by atoms with van der Waals surface area (Å²) in [6.45, 7) is 3.16. The molecular weight excluding hydrogens is 404 g/mol. The summed E-state index contributed by atoms with van der Waals surface area (Å²) >= 11 is 12.0. The van der Waals surface area contributed by atoms with E-state index in [0.29, 0.717) is 42.0 Å². The highest BCUT2D eigenvalue weighted by Crippen LogP contribution is 2.29. The summed E-state index contributed by atoms with van der Waals surface area (Å²) in [5.74, 6) is 0.240. The second-order valence-electron chi connectivity index (χ2n) is 6.07. The summed E-state index contributed by atoms with van der Waals surface area (Å²) in [4.78, 5) is 23.9. The second kappa shape index (κ2) is 7.52. The molecule has 0 aliphatic carbocycles. The second-order valence-corrected chi connectivity index (χ2v) is 6.91. The van der Waals surface area contributed by atoms with Gasteiger partial charge in [-0.25, -0.2) is 9.97 Å². The Labute approximate surface area is 163 Å². The van der Waals surface area contributed by atoms with Crippen LogP contribution in [0.3, 0.4) is 0 Å². The predicted molar refractivity (Wildman–Crippen MR) is 96.3 cm³/mol. The van der Waals surface area contributed by atoms with Crippen molar-refractivity contribution in [2.75, 3.05) is 31.1 Å². The number of piperazine rings is 1. The largest absolute Gasteiger partial charge is 0.433 e. The fourth-order valence-electron chi connectivity index (χ4n) is 2.88. The number of nitrogens with zero attached hydrogens (tertiary/aromatic N) is 4. The van der Waals surface area contributed by atoms with Crippen LogP contribution in [-0.2, 0) is 6.18 Å². The van der Waals surface area contributed by atoms with Gasteiger partial charge in [0.15, 0.2) is 0 Å². The Hall–Kier alpha value is -2.06. The molecule has 0 atom stereocenters. The van der Waals surface area contributed by atoms with E-state index in [4.69, 9.17) is 23.2 Å². The van der Waals surface area contributed by atoms with Gasteiger partial charge >= 0.3 is 6.18 Å². The maximum Gasteiger partial charge on any atom is 0.433 e. The van der Waals surface area contributed by atoms with Crippen molar-refractivity contribution >= 4 is 34.9 Å². The molecule has 27 heavy (non-hydrogen) atoms. The van der Waals surface area contributed by atoms with E-state index in [1.807, 2.05) is 4.90 Å². The average Bonchev–Trinajstić information content (AvgIpc) is 2.60. The molecule has 2 aromatic rings. The van der Waals surface area contributed by atoms with Crippen molar-refractivity contribution in [2.45, 2.75) is 13.1 Å². The smallest absolute Gasteiger partial charge is 0.352 e. The maximum absolute atomic E-state index is 12.7. The van der Waals surface area contributed by atoms with Crippen LogP contribution in [0.2, 0.25) is 10.0 Å². The fourth-order valence-corrected chi connectivity index (χ4v) is 3.38. The fraction of sp³-hybridized carbons (Fsp3) is 0.353. The van der Waals surface area contributed by atoms with Crippen molar-refractivity contribution in [1.82, 2.24) is 14.9 Å². The van der Waals surface area contributed by atoms with Crippen LogP contribution in [0.25, 0.3) is 0 Å². The lowest BCUT2D eigenvalue weighted by Gasteiger charge is -2.36.